The van der Waals surface area contributed by atoms with Crippen LogP contribution in [0.3, 0.4) is 0 Å². The van der Waals surface area contributed by atoms with Crippen molar-refractivity contribution in [1.29, 1.82) is 0 Å². The smallest absolute Gasteiger partial charge is 0.264 e. The van der Waals surface area contributed by atoms with Crippen LogP contribution in [0, 0.1) is 20.8 Å². The van der Waals surface area contributed by atoms with Crippen LogP contribution in [0.4, 0.5) is 5.69 Å². The van der Waals surface area contributed by atoms with E-state index in [2.05, 4.69) is 5.32 Å². The van der Waals surface area contributed by atoms with Gasteiger partial charge >= 0.3 is 0 Å². The van der Waals surface area contributed by atoms with Gasteiger partial charge in [0.2, 0.25) is 11.8 Å². The van der Waals surface area contributed by atoms with Gasteiger partial charge in [-0.25, -0.2) is 8.42 Å². The van der Waals surface area contributed by atoms with Crippen molar-refractivity contribution in [2.45, 2.75) is 77.9 Å². The minimum Gasteiger partial charge on any atom is -0.352 e. The van der Waals surface area contributed by atoms with E-state index in [-0.39, 0.29) is 23.4 Å². The molecule has 0 radical (unpaired) electrons. The van der Waals surface area contributed by atoms with Crippen LogP contribution < -0.4 is 9.62 Å². The number of aryl methyl sites for hydroxylation is 3. The lowest BCUT2D eigenvalue weighted by molar-refractivity contribution is -0.140. The summed E-state index contributed by atoms with van der Waals surface area (Å²) >= 11 is 0. The first kappa shape index (κ1) is 30.9. The van der Waals surface area contributed by atoms with Gasteiger partial charge in [0, 0.05) is 12.6 Å². The molecule has 0 aromatic heterocycles. The van der Waals surface area contributed by atoms with Crippen molar-refractivity contribution in [2.75, 3.05) is 10.8 Å². The molecule has 2 unspecified atom stereocenters. The van der Waals surface area contributed by atoms with Gasteiger partial charge in [0.1, 0.15) is 12.6 Å². The van der Waals surface area contributed by atoms with Crippen LogP contribution in [0.1, 0.15) is 55.9 Å². The molecule has 8 heteroatoms. The maximum atomic E-state index is 14.2. The van der Waals surface area contributed by atoms with Gasteiger partial charge in [-0.2, -0.15) is 0 Å². The second kappa shape index (κ2) is 13.6. The Bertz CT molecular complexity index is 1410. The molecule has 0 aliphatic heterocycles. The second-order valence-electron chi connectivity index (χ2n) is 10.4. The molecule has 40 heavy (non-hydrogen) atoms. The van der Waals surface area contributed by atoms with Crippen molar-refractivity contribution in [3.05, 3.63) is 95.1 Å². The molecule has 3 aromatic rings. The fourth-order valence-electron chi connectivity index (χ4n) is 4.48. The molecule has 0 saturated carbocycles. The van der Waals surface area contributed by atoms with Crippen LogP contribution in [0.5, 0.6) is 0 Å². The monoisotopic (exact) mass is 563 g/mol. The summed E-state index contributed by atoms with van der Waals surface area (Å²) in [5, 5.41) is 3.00. The molecular weight excluding hydrogens is 522 g/mol. The summed E-state index contributed by atoms with van der Waals surface area (Å²) in [6.07, 6.45) is 1.14. The van der Waals surface area contributed by atoms with Crippen LogP contribution in [-0.4, -0.2) is 43.8 Å². The van der Waals surface area contributed by atoms with E-state index < -0.39 is 28.5 Å². The van der Waals surface area contributed by atoms with E-state index in [4.69, 9.17) is 0 Å². The Morgan fingerprint density at radius 3 is 2.08 bits per heavy atom. The molecule has 2 atom stereocenters. The molecular formula is C32H41N3O4S. The number of nitrogens with zero attached hydrogens (tertiary/aromatic N) is 2. The number of sulfonamides is 1. The van der Waals surface area contributed by atoms with Crippen LogP contribution in [0.15, 0.2) is 77.7 Å². The van der Waals surface area contributed by atoms with Gasteiger partial charge in [-0.15, -0.1) is 0 Å². The number of anilines is 1. The first-order chi connectivity index (χ1) is 19.0. The third-order valence-electron chi connectivity index (χ3n) is 7.10. The highest BCUT2D eigenvalue weighted by Crippen LogP contribution is 2.29. The highest BCUT2D eigenvalue weighted by molar-refractivity contribution is 7.92. The quantitative estimate of drug-likeness (QED) is 0.314. The van der Waals surface area contributed by atoms with E-state index >= 15 is 0 Å². The fraction of sp³-hybridized carbons (Fsp3) is 0.375. The number of carbonyl (C=O) groups is 2. The highest BCUT2D eigenvalue weighted by Gasteiger charge is 2.34. The minimum atomic E-state index is -4.10. The summed E-state index contributed by atoms with van der Waals surface area (Å²) in [6, 6.07) is 20.8. The molecule has 0 aliphatic carbocycles. The fourth-order valence-corrected chi connectivity index (χ4v) is 5.95. The Morgan fingerprint density at radius 1 is 0.850 bits per heavy atom. The molecule has 3 aromatic carbocycles. The predicted octanol–water partition coefficient (Wildman–Crippen LogP) is 5.53. The third kappa shape index (κ3) is 7.50. The molecule has 1 N–H and O–H groups in total. The molecule has 214 valence electrons. The molecule has 0 spiro atoms. The van der Waals surface area contributed by atoms with Crippen LogP contribution >= 0.6 is 0 Å². The lowest BCUT2D eigenvalue weighted by atomic mass is 10.1. The van der Waals surface area contributed by atoms with Crippen molar-refractivity contribution in [2.24, 2.45) is 0 Å². The topological polar surface area (TPSA) is 86.8 Å². The molecule has 3 rings (SSSR count). The molecule has 0 fully saturated rings. The zero-order chi connectivity index (χ0) is 29.4. The first-order valence-corrected chi connectivity index (χ1v) is 15.2. The predicted molar refractivity (Wildman–Crippen MR) is 161 cm³/mol. The van der Waals surface area contributed by atoms with E-state index in [1.165, 1.54) is 9.21 Å². The van der Waals surface area contributed by atoms with Gasteiger partial charge in [-0.05, 0) is 75.4 Å². The minimum absolute atomic E-state index is 0.0522. The molecule has 0 heterocycles. The summed E-state index contributed by atoms with van der Waals surface area (Å²) in [5.74, 6) is -0.701. The Balaban J connectivity index is 2.09. The van der Waals surface area contributed by atoms with E-state index in [0.29, 0.717) is 12.1 Å². The van der Waals surface area contributed by atoms with E-state index in [9.17, 15) is 18.0 Å². The maximum absolute atomic E-state index is 14.2. The van der Waals surface area contributed by atoms with Crippen molar-refractivity contribution in [3.8, 4) is 0 Å². The zero-order valence-electron chi connectivity index (χ0n) is 24.3. The van der Waals surface area contributed by atoms with Crippen molar-refractivity contribution in [1.82, 2.24) is 10.2 Å². The van der Waals surface area contributed by atoms with Crippen molar-refractivity contribution < 1.29 is 18.0 Å². The summed E-state index contributed by atoms with van der Waals surface area (Å²) < 4.78 is 29.3. The molecule has 2 amide bonds. The zero-order valence-corrected chi connectivity index (χ0v) is 25.2. The lowest BCUT2D eigenvalue weighted by Crippen LogP contribution is -2.53. The molecule has 0 saturated heterocycles. The van der Waals surface area contributed by atoms with Gasteiger partial charge in [-0.1, -0.05) is 74.0 Å². The van der Waals surface area contributed by atoms with Crippen LogP contribution in [-0.2, 0) is 26.2 Å². The molecule has 0 aliphatic rings. The van der Waals surface area contributed by atoms with Crippen molar-refractivity contribution >= 4 is 27.5 Å². The molecule has 7 nitrogen and oxygen atoms in total. The Kier molecular flexibility index (Phi) is 10.5. The number of benzene rings is 3. The number of carbonyl (C=O) groups excluding carboxylic acids is 2. The van der Waals surface area contributed by atoms with Gasteiger partial charge in [0.05, 0.1) is 10.6 Å². The average Bonchev–Trinajstić information content (AvgIpc) is 2.93. The van der Waals surface area contributed by atoms with Gasteiger partial charge < -0.3 is 10.2 Å². The Labute approximate surface area is 239 Å². The van der Waals surface area contributed by atoms with Crippen LogP contribution in [0.25, 0.3) is 0 Å². The number of hydrogen-bond donors (Lipinski definition) is 1. The summed E-state index contributed by atoms with van der Waals surface area (Å²) in [6.45, 7) is 11.1. The second-order valence-corrected chi connectivity index (χ2v) is 12.2. The summed E-state index contributed by atoms with van der Waals surface area (Å²) in [7, 11) is -4.10. The maximum Gasteiger partial charge on any atom is 0.264 e. The summed E-state index contributed by atoms with van der Waals surface area (Å²) in [5.41, 5.74) is 3.82. The number of nitrogens with one attached hydrogen (secondary N) is 1. The van der Waals surface area contributed by atoms with Gasteiger partial charge in [-0.3, -0.25) is 13.9 Å². The Hall–Kier alpha value is -3.65. The SMILES string of the molecule is CCC(C)NC(=O)C(CC)N(Cc1ccccc1)C(=O)CN(c1cc(C)ccc1C)S(=O)(=O)c1ccc(C)cc1. The summed E-state index contributed by atoms with van der Waals surface area (Å²) in [4.78, 5) is 29.1. The normalized spacial score (nSPS) is 12.8. The van der Waals surface area contributed by atoms with Gasteiger partial charge in [0.15, 0.2) is 0 Å². The van der Waals surface area contributed by atoms with Crippen LogP contribution in [0.2, 0.25) is 0 Å². The average molecular weight is 564 g/mol. The standard InChI is InChI=1S/C32H41N3O4S/c1-7-26(6)33-32(37)29(8-2)34(21-27-12-10-9-11-13-27)31(36)22-35(30-20-24(4)14-17-25(30)5)40(38,39)28-18-15-23(3)16-19-28/h9-20,26,29H,7-8,21-22H2,1-6H3,(H,33,37). The van der Waals surface area contributed by atoms with Crippen molar-refractivity contribution in [3.63, 3.8) is 0 Å². The largest absolute Gasteiger partial charge is 0.352 e. The van der Waals surface area contributed by atoms with Gasteiger partial charge in [0.25, 0.3) is 10.0 Å². The number of rotatable bonds is 12. The molecule has 0 bridgehead atoms. The highest BCUT2D eigenvalue weighted by atomic mass is 32.2. The van der Waals surface area contributed by atoms with E-state index in [1.54, 1.807) is 30.3 Å². The first-order valence-electron chi connectivity index (χ1n) is 13.8. The van der Waals surface area contributed by atoms with E-state index in [0.717, 1.165) is 28.7 Å². The number of amides is 2. The lowest BCUT2D eigenvalue weighted by Gasteiger charge is -2.34. The number of hydrogen-bond acceptors (Lipinski definition) is 4. The Morgan fingerprint density at radius 2 is 1.48 bits per heavy atom. The third-order valence-corrected chi connectivity index (χ3v) is 8.88. The van der Waals surface area contributed by atoms with E-state index in [1.807, 2.05) is 84.0 Å².